The number of rotatable bonds is 6. The molecule has 0 fully saturated rings. The molecule has 8 aromatic carbocycles. The maximum absolute atomic E-state index is 6.45. The van der Waals surface area contributed by atoms with Crippen LogP contribution in [0.3, 0.4) is 0 Å². The molecule has 0 saturated carbocycles. The lowest BCUT2D eigenvalue weighted by Gasteiger charge is -2.14. The molecule has 262 valence electrons. The van der Waals surface area contributed by atoms with Gasteiger partial charge in [-0.25, -0.2) is 4.98 Å². The van der Waals surface area contributed by atoms with Gasteiger partial charge in [-0.2, -0.15) is 9.97 Å². The Bertz CT molecular complexity index is 3200. The number of nitrogens with zero attached hydrogens (tertiary/aromatic N) is 4. The molecule has 11 rings (SSSR count). The van der Waals surface area contributed by atoms with Crippen LogP contribution in [0, 0.1) is 0 Å². The van der Waals surface area contributed by atoms with Crippen LogP contribution in [-0.2, 0) is 0 Å². The number of fused-ring (bicyclic) bond motifs is 6. The van der Waals surface area contributed by atoms with Crippen molar-refractivity contribution in [2.24, 2.45) is 0 Å². The minimum Gasteiger partial charge on any atom is -0.455 e. The molecular formula is C51H32N4O. The van der Waals surface area contributed by atoms with E-state index in [9.17, 15) is 0 Å². The first-order chi connectivity index (χ1) is 27.8. The molecule has 0 aliphatic rings. The quantitative estimate of drug-likeness (QED) is 0.172. The molecule has 0 atom stereocenters. The van der Waals surface area contributed by atoms with Crippen molar-refractivity contribution in [3.63, 3.8) is 0 Å². The third-order valence-corrected chi connectivity index (χ3v) is 10.7. The highest BCUT2D eigenvalue weighted by atomic mass is 16.3. The van der Waals surface area contributed by atoms with Crippen molar-refractivity contribution in [3.05, 3.63) is 194 Å². The van der Waals surface area contributed by atoms with Crippen LogP contribution in [0.4, 0.5) is 0 Å². The largest absolute Gasteiger partial charge is 0.455 e. The highest BCUT2D eigenvalue weighted by Gasteiger charge is 2.21. The van der Waals surface area contributed by atoms with Crippen LogP contribution in [0.1, 0.15) is 0 Å². The summed E-state index contributed by atoms with van der Waals surface area (Å²) in [7, 11) is 0. The fraction of sp³-hybridized carbons (Fsp3) is 0. The van der Waals surface area contributed by atoms with Gasteiger partial charge in [0.1, 0.15) is 11.2 Å². The molecule has 0 spiro atoms. The van der Waals surface area contributed by atoms with Gasteiger partial charge in [0.25, 0.3) is 0 Å². The summed E-state index contributed by atoms with van der Waals surface area (Å²) in [4.78, 5) is 15.3. The topological polar surface area (TPSA) is 56.7 Å². The van der Waals surface area contributed by atoms with Gasteiger partial charge in [-0.3, -0.25) is 4.57 Å². The van der Waals surface area contributed by atoms with Crippen LogP contribution in [0.2, 0.25) is 0 Å². The molecule has 0 aliphatic heterocycles. The number of hydrogen-bond donors (Lipinski definition) is 0. The van der Waals surface area contributed by atoms with Gasteiger partial charge in [-0.05, 0) is 52.1 Å². The molecule has 3 aromatic heterocycles. The minimum absolute atomic E-state index is 0.571. The van der Waals surface area contributed by atoms with Crippen molar-refractivity contribution in [2.45, 2.75) is 0 Å². The Kier molecular flexibility index (Phi) is 7.42. The minimum atomic E-state index is 0.571. The molecule has 0 bridgehead atoms. The summed E-state index contributed by atoms with van der Waals surface area (Å²) >= 11 is 0. The van der Waals surface area contributed by atoms with Gasteiger partial charge in [0.2, 0.25) is 5.95 Å². The Morgan fingerprint density at radius 1 is 0.357 bits per heavy atom. The average molecular weight is 717 g/mol. The van der Waals surface area contributed by atoms with Gasteiger partial charge >= 0.3 is 0 Å². The van der Waals surface area contributed by atoms with Crippen molar-refractivity contribution in [1.29, 1.82) is 0 Å². The molecule has 0 radical (unpaired) electrons. The molecule has 3 heterocycles. The van der Waals surface area contributed by atoms with Crippen LogP contribution >= 0.6 is 0 Å². The molecule has 0 saturated heterocycles. The van der Waals surface area contributed by atoms with E-state index in [4.69, 9.17) is 19.4 Å². The second-order valence-corrected chi connectivity index (χ2v) is 14.0. The summed E-state index contributed by atoms with van der Waals surface area (Å²) < 4.78 is 8.64. The van der Waals surface area contributed by atoms with Gasteiger partial charge in [0.15, 0.2) is 11.6 Å². The van der Waals surface area contributed by atoms with Gasteiger partial charge in [0.05, 0.1) is 11.0 Å². The predicted octanol–water partition coefficient (Wildman–Crippen LogP) is 13.2. The maximum atomic E-state index is 6.45. The van der Waals surface area contributed by atoms with Crippen LogP contribution < -0.4 is 0 Å². The van der Waals surface area contributed by atoms with Crippen molar-refractivity contribution >= 4 is 43.7 Å². The first-order valence-corrected chi connectivity index (χ1v) is 18.8. The van der Waals surface area contributed by atoms with Crippen molar-refractivity contribution in [1.82, 2.24) is 19.5 Å². The Balaban J connectivity index is 1.11. The summed E-state index contributed by atoms with van der Waals surface area (Å²) in [6.45, 7) is 0. The van der Waals surface area contributed by atoms with Gasteiger partial charge in [0, 0.05) is 38.2 Å². The molecule has 5 nitrogen and oxygen atoms in total. The SMILES string of the molecule is c1ccc(-c2nc(-c3ccccc3)nc(-n3c4ccccc4c4c(-c5ccccc5-c5cccc(-c6cccc7c6oc6ccccc67)c5)cccc43)n2)cc1. The lowest BCUT2D eigenvalue weighted by molar-refractivity contribution is 0.670. The standard InChI is InChI=1S/C51H32N4O/c1-3-16-33(17-4-1)49-52-50(34-18-5-2-6-19-34)54-51(53-49)55-44-29-11-9-25-43(44)47-41(27-15-30-45(47)55)39-23-8-7-22-37(39)35-20-13-21-36(32-35)38-26-14-28-42-40-24-10-12-31-46(40)56-48(38)42/h1-32H. The zero-order chi connectivity index (χ0) is 37.0. The number of benzene rings is 8. The molecule has 11 aromatic rings. The van der Waals surface area contributed by atoms with E-state index < -0.39 is 0 Å². The molecule has 0 unspecified atom stereocenters. The fourth-order valence-corrected chi connectivity index (χ4v) is 8.16. The van der Waals surface area contributed by atoms with E-state index in [0.717, 1.165) is 88.3 Å². The number of para-hydroxylation sites is 3. The molecule has 56 heavy (non-hydrogen) atoms. The second-order valence-electron chi connectivity index (χ2n) is 14.0. The van der Waals surface area contributed by atoms with Gasteiger partial charge < -0.3 is 4.42 Å². The first kappa shape index (κ1) is 31.9. The van der Waals surface area contributed by atoms with E-state index in [-0.39, 0.29) is 0 Å². The summed E-state index contributed by atoms with van der Waals surface area (Å²) in [5.41, 5.74) is 12.5. The Morgan fingerprint density at radius 3 is 1.64 bits per heavy atom. The number of hydrogen-bond acceptors (Lipinski definition) is 4. The monoisotopic (exact) mass is 716 g/mol. The van der Waals surface area contributed by atoms with E-state index in [0.29, 0.717) is 17.6 Å². The molecule has 5 heteroatoms. The van der Waals surface area contributed by atoms with Crippen LogP contribution in [0.5, 0.6) is 0 Å². The highest BCUT2D eigenvalue weighted by molar-refractivity contribution is 6.17. The Hall–Kier alpha value is -7.63. The third-order valence-electron chi connectivity index (χ3n) is 10.7. The van der Waals surface area contributed by atoms with E-state index in [1.807, 2.05) is 72.8 Å². The summed E-state index contributed by atoms with van der Waals surface area (Å²) in [5.74, 6) is 1.82. The summed E-state index contributed by atoms with van der Waals surface area (Å²) in [5, 5.41) is 4.52. The predicted molar refractivity (Wildman–Crippen MR) is 229 cm³/mol. The van der Waals surface area contributed by atoms with Crippen LogP contribution in [-0.4, -0.2) is 19.5 Å². The lowest BCUT2D eigenvalue weighted by atomic mass is 9.90. The van der Waals surface area contributed by atoms with Crippen molar-refractivity contribution < 1.29 is 4.42 Å². The zero-order valence-corrected chi connectivity index (χ0v) is 30.2. The molecule has 0 aliphatic carbocycles. The summed E-state index contributed by atoms with van der Waals surface area (Å²) in [6, 6.07) is 67.5. The Morgan fingerprint density at radius 2 is 0.875 bits per heavy atom. The second kappa shape index (κ2) is 13.0. The van der Waals surface area contributed by atoms with Crippen molar-refractivity contribution in [3.8, 4) is 62.1 Å². The fourth-order valence-electron chi connectivity index (χ4n) is 8.16. The van der Waals surface area contributed by atoms with Crippen LogP contribution in [0.25, 0.3) is 106 Å². The number of furan rings is 1. The van der Waals surface area contributed by atoms with Gasteiger partial charge in [-0.15, -0.1) is 0 Å². The molecule has 0 N–H and O–H groups in total. The highest BCUT2D eigenvalue weighted by Crippen LogP contribution is 2.43. The van der Waals surface area contributed by atoms with E-state index in [1.165, 1.54) is 0 Å². The van der Waals surface area contributed by atoms with E-state index in [2.05, 4.69) is 126 Å². The van der Waals surface area contributed by atoms with Crippen molar-refractivity contribution in [2.75, 3.05) is 0 Å². The first-order valence-electron chi connectivity index (χ1n) is 18.8. The maximum Gasteiger partial charge on any atom is 0.238 e. The third kappa shape index (κ3) is 5.21. The van der Waals surface area contributed by atoms with Crippen LogP contribution in [0.15, 0.2) is 199 Å². The van der Waals surface area contributed by atoms with E-state index in [1.54, 1.807) is 0 Å². The Labute approximate surface area is 322 Å². The number of aromatic nitrogens is 4. The van der Waals surface area contributed by atoms with Gasteiger partial charge in [-0.1, -0.05) is 170 Å². The van der Waals surface area contributed by atoms with E-state index >= 15 is 0 Å². The normalized spacial score (nSPS) is 11.6. The zero-order valence-electron chi connectivity index (χ0n) is 30.2. The molecular weight excluding hydrogens is 685 g/mol. The summed E-state index contributed by atoms with van der Waals surface area (Å²) in [6.07, 6.45) is 0. The smallest absolute Gasteiger partial charge is 0.238 e. The average Bonchev–Trinajstić information content (AvgIpc) is 3.83. The molecule has 0 amide bonds. The lowest BCUT2D eigenvalue weighted by Crippen LogP contribution is -2.06.